The highest BCUT2D eigenvalue weighted by molar-refractivity contribution is 14.1. The third-order valence-corrected chi connectivity index (χ3v) is 4.40. The molecule has 2 heterocycles. The zero-order valence-corrected chi connectivity index (χ0v) is 14.2. The van der Waals surface area contributed by atoms with Crippen LogP contribution >= 0.6 is 22.6 Å². The molecule has 2 saturated heterocycles. The molecule has 0 spiro atoms. The Hall–Kier alpha value is -0.700. The number of carbonyl (C=O) groups is 1. The molecule has 1 aromatic carbocycles. The molecule has 0 saturated carbocycles. The van der Waals surface area contributed by atoms with Gasteiger partial charge in [-0.2, -0.15) is 0 Å². The molecule has 2 fully saturated rings. The van der Waals surface area contributed by atoms with Crippen molar-refractivity contribution in [2.24, 2.45) is 0 Å². The molecule has 1 aromatic rings. The molecule has 21 heavy (non-hydrogen) atoms. The molecule has 114 valence electrons. The maximum absolute atomic E-state index is 11.9. The minimum atomic E-state index is -0.758. The predicted molar refractivity (Wildman–Crippen MR) is 82.6 cm³/mol. The summed E-state index contributed by atoms with van der Waals surface area (Å²) in [7, 11) is 1.35. The van der Waals surface area contributed by atoms with Crippen LogP contribution in [0, 0.1) is 3.57 Å². The van der Waals surface area contributed by atoms with Crippen molar-refractivity contribution < 1.29 is 23.7 Å². The smallest absolute Gasteiger partial charge is 0.337 e. The van der Waals surface area contributed by atoms with Gasteiger partial charge in [-0.25, -0.2) is 4.79 Å². The van der Waals surface area contributed by atoms with E-state index in [9.17, 15) is 4.79 Å². The summed E-state index contributed by atoms with van der Waals surface area (Å²) in [6, 6.07) is 7.97. The van der Waals surface area contributed by atoms with Crippen LogP contribution in [0.4, 0.5) is 0 Å². The van der Waals surface area contributed by atoms with E-state index in [1.54, 1.807) is 0 Å². The van der Waals surface area contributed by atoms with Crippen LogP contribution < -0.4 is 0 Å². The van der Waals surface area contributed by atoms with E-state index in [4.69, 9.17) is 18.9 Å². The molecular weight excluding hydrogens is 387 g/mol. The summed E-state index contributed by atoms with van der Waals surface area (Å²) in [5, 5.41) is 0. The topological polar surface area (TPSA) is 54.0 Å². The van der Waals surface area contributed by atoms with E-state index in [0.29, 0.717) is 0 Å². The summed E-state index contributed by atoms with van der Waals surface area (Å²) in [5.41, 5.74) is 0.970. The number of ether oxygens (including phenoxy) is 4. The van der Waals surface area contributed by atoms with Crippen LogP contribution in [0.1, 0.15) is 25.5 Å². The predicted octanol–water partition coefficient (Wildman–Crippen LogP) is 2.42. The van der Waals surface area contributed by atoms with E-state index >= 15 is 0 Å². The molecule has 6 heteroatoms. The molecule has 0 radical (unpaired) electrons. The van der Waals surface area contributed by atoms with Crippen molar-refractivity contribution in [2.75, 3.05) is 7.11 Å². The second-order valence-electron chi connectivity index (χ2n) is 5.62. The lowest BCUT2D eigenvalue weighted by Crippen LogP contribution is -2.36. The molecule has 0 aromatic heterocycles. The zero-order valence-electron chi connectivity index (χ0n) is 12.0. The first-order valence-electron chi connectivity index (χ1n) is 6.76. The lowest BCUT2D eigenvalue weighted by Gasteiger charge is -2.23. The molecule has 0 aliphatic carbocycles. The highest BCUT2D eigenvalue weighted by Gasteiger charge is 2.58. The Morgan fingerprint density at radius 3 is 2.43 bits per heavy atom. The number of esters is 1. The van der Waals surface area contributed by atoms with Gasteiger partial charge < -0.3 is 18.9 Å². The van der Waals surface area contributed by atoms with Crippen molar-refractivity contribution in [2.45, 2.75) is 44.1 Å². The number of methoxy groups -OCH3 is 1. The molecule has 2 aliphatic rings. The van der Waals surface area contributed by atoms with Crippen LogP contribution in [-0.4, -0.2) is 37.2 Å². The summed E-state index contributed by atoms with van der Waals surface area (Å²) in [6.07, 6.45) is -1.86. The quantitative estimate of drug-likeness (QED) is 0.560. The highest BCUT2D eigenvalue weighted by atomic mass is 127. The summed E-state index contributed by atoms with van der Waals surface area (Å²) >= 11 is 2.25. The fourth-order valence-electron chi connectivity index (χ4n) is 2.82. The normalized spacial score (nSPS) is 33.7. The van der Waals surface area contributed by atoms with E-state index in [0.717, 1.165) is 9.13 Å². The maximum Gasteiger partial charge on any atom is 0.337 e. The monoisotopic (exact) mass is 404 g/mol. The van der Waals surface area contributed by atoms with Crippen LogP contribution in [0.2, 0.25) is 0 Å². The molecule has 0 amide bonds. The van der Waals surface area contributed by atoms with Crippen molar-refractivity contribution in [3.8, 4) is 0 Å². The molecule has 0 bridgehead atoms. The van der Waals surface area contributed by atoms with Crippen molar-refractivity contribution in [1.29, 1.82) is 0 Å². The van der Waals surface area contributed by atoms with Crippen molar-refractivity contribution in [3.63, 3.8) is 0 Å². The van der Waals surface area contributed by atoms with Gasteiger partial charge >= 0.3 is 5.97 Å². The number of carbonyl (C=O) groups excluding carboxylic acids is 1. The summed E-state index contributed by atoms with van der Waals surface area (Å²) in [5.74, 6) is -1.16. The molecule has 0 N–H and O–H groups in total. The van der Waals surface area contributed by atoms with Gasteiger partial charge in [0.15, 0.2) is 11.9 Å². The van der Waals surface area contributed by atoms with Crippen molar-refractivity contribution in [3.05, 3.63) is 33.4 Å². The standard InChI is InChI=1S/C15H17IO5/c1-15(2)20-11-10(8-4-6-9(16)7-5-8)19-13(12(11)21-15)14(17)18-3/h4-7,10-13H,1-3H3/t10-,11+,12+,13-/m0/s1. The Morgan fingerprint density at radius 2 is 1.81 bits per heavy atom. The van der Waals surface area contributed by atoms with E-state index in [2.05, 4.69) is 22.6 Å². The molecule has 4 atom stereocenters. The van der Waals surface area contributed by atoms with Crippen LogP contribution in [-0.2, 0) is 23.7 Å². The van der Waals surface area contributed by atoms with E-state index in [-0.39, 0.29) is 12.2 Å². The zero-order chi connectivity index (χ0) is 15.2. The minimum Gasteiger partial charge on any atom is -0.467 e. The van der Waals surface area contributed by atoms with Crippen molar-refractivity contribution in [1.82, 2.24) is 0 Å². The maximum atomic E-state index is 11.9. The average molecular weight is 404 g/mol. The first kappa shape index (κ1) is 15.2. The van der Waals surface area contributed by atoms with Gasteiger partial charge in [0.05, 0.1) is 7.11 Å². The van der Waals surface area contributed by atoms with E-state index < -0.39 is 24.0 Å². The van der Waals surface area contributed by atoms with Gasteiger partial charge in [-0.15, -0.1) is 0 Å². The Balaban J connectivity index is 1.91. The van der Waals surface area contributed by atoms with Crippen molar-refractivity contribution >= 4 is 28.6 Å². The number of benzene rings is 1. The lowest BCUT2D eigenvalue weighted by molar-refractivity contribution is -0.196. The van der Waals surface area contributed by atoms with Crippen LogP contribution in [0.15, 0.2) is 24.3 Å². The number of hydrogen-bond acceptors (Lipinski definition) is 5. The lowest BCUT2D eigenvalue weighted by atomic mass is 10.0. The fraction of sp³-hybridized carbons (Fsp3) is 0.533. The SMILES string of the molecule is COC(=O)[C@H]1O[C@@H](c2ccc(I)cc2)[C@H]2OC(C)(C)O[C@H]21. The second kappa shape index (κ2) is 5.49. The van der Waals surface area contributed by atoms with Gasteiger partial charge in [-0.05, 0) is 54.1 Å². The van der Waals surface area contributed by atoms with Gasteiger partial charge in [0.2, 0.25) is 0 Å². The first-order valence-corrected chi connectivity index (χ1v) is 7.83. The summed E-state index contributed by atoms with van der Waals surface area (Å²) in [4.78, 5) is 11.9. The summed E-state index contributed by atoms with van der Waals surface area (Å²) < 4.78 is 23.6. The Kier molecular flexibility index (Phi) is 3.98. The average Bonchev–Trinajstić information content (AvgIpc) is 2.92. The van der Waals surface area contributed by atoms with Gasteiger partial charge in [0.25, 0.3) is 0 Å². The molecule has 0 unspecified atom stereocenters. The van der Waals surface area contributed by atoms with Crippen LogP contribution in [0.25, 0.3) is 0 Å². The fourth-order valence-corrected chi connectivity index (χ4v) is 3.18. The van der Waals surface area contributed by atoms with Crippen LogP contribution in [0.5, 0.6) is 0 Å². The highest BCUT2D eigenvalue weighted by Crippen LogP contribution is 2.45. The third-order valence-electron chi connectivity index (χ3n) is 3.69. The number of halogens is 1. The van der Waals surface area contributed by atoms with Gasteiger partial charge in [-0.1, -0.05) is 12.1 Å². The minimum absolute atomic E-state index is 0.316. The molecular formula is C15H17IO5. The van der Waals surface area contributed by atoms with Crippen LogP contribution in [0.3, 0.4) is 0 Å². The molecule has 5 nitrogen and oxygen atoms in total. The largest absolute Gasteiger partial charge is 0.467 e. The molecule has 2 aliphatic heterocycles. The van der Waals surface area contributed by atoms with Gasteiger partial charge in [0, 0.05) is 3.57 Å². The second-order valence-corrected chi connectivity index (χ2v) is 6.86. The Bertz CT molecular complexity index is 541. The number of rotatable bonds is 2. The number of fused-ring (bicyclic) bond motifs is 1. The van der Waals surface area contributed by atoms with Gasteiger partial charge in [-0.3, -0.25) is 0 Å². The summed E-state index contributed by atoms with van der Waals surface area (Å²) in [6.45, 7) is 3.68. The van der Waals surface area contributed by atoms with E-state index in [1.807, 2.05) is 38.1 Å². The third kappa shape index (κ3) is 2.81. The Labute approximate surface area is 137 Å². The molecule has 3 rings (SSSR count). The van der Waals surface area contributed by atoms with E-state index in [1.165, 1.54) is 7.11 Å². The Morgan fingerprint density at radius 1 is 1.19 bits per heavy atom. The first-order chi connectivity index (χ1) is 9.91. The number of hydrogen-bond donors (Lipinski definition) is 0. The van der Waals surface area contributed by atoms with Gasteiger partial charge in [0.1, 0.15) is 18.3 Å².